The van der Waals surface area contributed by atoms with Crippen molar-refractivity contribution in [2.75, 3.05) is 18.4 Å². The van der Waals surface area contributed by atoms with E-state index in [-0.39, 0.29) is 17.6 Å². The lowest BCUT2D eigenvalue weighted by atomic mass is 9.97. The number of hydrogen-bond acceptors (Lipinski definition) is 5. The second kappa shape index (κ2) is 8.47. The monoisotopic (exact) mass is 410 g/mol. The number of carbonyl (C=O) groups excluding carboxylic acids is 1. The second-order valence-corrected chi connectivity index (χ2v) is 8.36. The summed E-state index contributed by atoms with van der Waals surface area (Å²) in [5.74, 6) is 0.209. The van der Waals surface area contributed by atoms with E-state index in [2.05, 4.69) is 39.7 Å². The van der Waals surface area contributed by atoms with Gasteiger partial charge in [-0.15, -0.1) is 10.2 Å². The Kier molecular flexibility index (Phi) is 5.76. The van der Waals surface area contributed by atoms with E-state index in [0.29, 0.717) is 23.5 Å². The Morgan fingerprint density at radius 2 is 2.07 bits per heavy atom. The molecule has 0 aliphatic carbocycles. The van der Waals surface area contributed by atoms with Crippen molar-refractivity contribution in [3.8, 4) is 11.4 Å². The summed E-state index contributed by atoms with van der Waals surface area (Å²) >= 11 is 0. The van der Waals surface area contributed by atoms with Crippen molar-refractivity contribution < 1.29 is 9.18 Å². The van der Waals surface area contributed by atoms with Crippen LogP contribution in [0.5, 0.6) is 0 Å². The minimum absolute atomic E-state index is 0.0109. The van der Waals surface area contributed by atoms with Crippen molar-refractivity contribution in [1.82, 2.24) is 25.1 Å². The van der Waals surface area contributed by atoms with E-state index in [1.165, 1.54) is 0 Å². The zero-order chi connectivity index (χ0) is 21.3. The normalized spacial score (nSPS) is 15.1. The molecule has 1 saturated heterocycles. The van der Waals surface area contributed by atoms with Crippen LogP contribution in [0.2, 0.25) is 0 Å². The summed E-state index contributed by atoms with van der Waals surface area (Å²) in [6.45, 7) is 5.78. The predicted octanol–water partition coefficient (Wildman–Crippen LogP) is 3.31. The third-order valence-corrected chi connectivity index (χ3v) is 5.54. The molecule has 3 heterocycles. The second-order valence-electron chi connectivity index (χ2n) is 8.36. The van der Waals surface area contributed by atoms with Crippen LogP contribution in [0.4, 0.5) is 10.2 Å². The van der Waals surface area contributed by atoms with E-state index in [1.54, 1.807) is 17.0 Å². The molecule has 0 unspecified atom stereocenters. The molecule has 2 N–H and O–H groups in total. The molecule has 30 heavy (non-hydrogen) atoms. The fourth-order valence-electron chi connectivity index (χ4n) is 3.96. The first kappa shape index (κ1) is 20.4. The SMILES string of the molecule is CC(C)Cc1nc(NC(=O)C2CCNCC2)c(F)c2cc(-c3nncn3C)ccc12. The van der Waals surface area contributed by atoms with Crippen LogP contribution in [0, 0.1) is 17.7 Å². The standard InChI is InChI=1S/C22H27FN6O/c1-13(2)10-18-16-5-4-15(21-28-25-12-29(21)3)11-17(16)19(23)20(26-18)27-22(30)14-6-8-24-9-7-14/h4-5,11-14,24H,6-10H2,1-3H3,(H,26,27,30). The molecule has 7 nitrogen and oxygen atoms in total. The molecule has 0 radical (unpaired) electrons. The lowest BCUT2D eigenvalue weighted by Gasteiger charge is -2.22. The minimum Gasteiger partial charge on any atom is -0.317 e. The van der Waals surface area contributed by atoms with Gasteiger partial charge >= 0.3 is 0 Å². The summed E-state index contributed by atoms with van der Waals surface area (Å²) in [6, 6.07) is 5.55. The van der Waals surface area contributed by atoms with Crippen molar-refractivity contribution in [1.29, 1.82) is 0 Å². The van der Waals surface area contributed by atoms with Crippen LogP contribution in [0.15, 0.2) is 24.5 Å². The van der Waals surface area contributed by atoms with Gasteiger partial charge in [-0.25, -0.2) is 9.37 Å². The molecule has 1 amide bonds. The van der Waals surface area contributed by atoms with Gasteiger partial charge in [0.25, 0.3) is 0 Å². The van der Waals surface area contributed by atoms with Gasteiger partial charge in [0.05, 0.1) is 5.69 Å². The molecule has 3 aromatic rings. The Morgan fingerprint density at radius 1 is 1.30 bits per heavy atom. The van der Waals surface area contributed by atoms with Crippen LogP contribution in [0.1, 0.15) is 32.4 Å². The van der Waals surface area contributed by atoms with Crippen molar-refractivity contribution >= 4 is 22.5 Å². The third-order valence-electron chi connectivity index (χ3n) is 5.54. The molecule has 0 spiro atoms. The zero-order valence-corrected chi connectivity index (χ0v) is 17.6. The number of aryl methyl sites for hydroxylation is 1. The van der Waals surface area contributed by atoms with E-state index >= 15 is 4.39 Å². The van der Waals surface area contributed by atoms with E-state index in [4.69, 9.17) is 0 Å². The Morgan fingerprint density at radius 3 is 2.73 bits per heavy atom. The first-order chi connectivity index (χ1) is 14.4. The molecule has 0 bridgehead atoms. The minimum atomic E-state index is -0.510. The highest BCUT2D eigenvalue weighted by atomic mass is 19.1. The Labute approximate surface area is 175 Å². The maximum Gasteiger partial charge on any atom is 0.228 e. The number of piperidine rings is 1. The third kappa shape index (κ3) is 4.05. The van der Waals surface area contributed by atoms with Crippen LogP contribution in [0.25, 0.3) is 22.2 Å². The predicted molar refractivity (Wildman–Crippen MR) is 114 cm³/mol. The first-order valence-corrected chi connectivity index (χ1v) is 10.4. The summed E-state index contributed by atoms with van der Waals surface area (Å²) in [5.41, 5.74) is 1.55. The van der Waals surface area contributed by atoms with Crippen molar-refractivity contribution in [2.24, 2.45) is 18.9 Å². The summed E-state index contributed by atoms with van der Waals surface area (Å²) in [7, 11) is 1.84. The maximum absolute atomic E-state index is 15.5. The van der Waals surface area contributed by atoms with Crippen LogP contribution >= 0.6 is 0 Å². The molecule has 2 aromatic heterocycles. The first-order valence-electron chi connectivity index (χ1n) is 10.4. The van der Waals surface area contributed by atoms with Crippen LogP contribution in [0.3, 0.4) is 0 Å². The number of nitrogens with one attached hydrogen (secondary N) is 2. The number of pyridine rings is 1. The van der Waals surface area contributed by atoms with Gasteiger partial charge < -0.3 is 15.2 Å². The zero-order valence-electron chi connectivity index (χ0n) is 17.6. The number of fused-ring (bicyclic) bond motifs is 1. The lowest BCUT2D eigenvalue weighted by molar-refractivity contribution is -0.120. The Hall–Kier alpha value is -2.87. The van der Waals surface area contributed by atoms with E-state index in [0.717, 1.165) is 42.6 Å². The van der Waals surface area contributed by atoms with Gasteiger partial charge in [-0.3, -0.25) is 4.79 Å². The van der Waals surface area contributed by atoms with Gasteiger partial charge in [0.2, 0.25) is 5.91 Å². The van der Waals surface area contributed by atoms with Gasteiger partial charge in [-0.1, -0.05) is 26.0 Å². The quantitative estimate of drug-likeness (QED) is 0.674. The molecule has 1 aliphatic rings. The number of anilines is 1. The molecular formula is C22H27FN6O. The fourth-order valence-corrected chi connectivity index (χ4v) is 3.96. The largest absolute Gasteiger partial charge is 0.317 e. The topological polar surface area (TPSA) is 84.7 Å². The van der Waals surface area contributed by atoms with E-state index in [9.17, 15) is 4.79 Å². The molecule has 158 valence electrons. The van der Waals surface area contributed by atoms with Crippen LogP contribution in [-0.2, 0) is 18.3 Å². The molecule has 4 rings (SSSR count). The van der Waals surface area contributed by atoms with Crippen molar-refractivity contribution in [3.63, 3.8) is 0 Å². The maximum atomic E-state index is 15.5. The summed E-state index contributed by atoms with van der Waals surface area (Å²) in [4.78, 5) is 17.3. The average molecular weight is 410 g/mol. The van der Waals surface area contributed by atoms with Gasteiger partial charge in [0.1, 0.15) is 6.33 Å². The van der Waals surface area contributed by atoms with Gasteiger partial charge in [0.15, 0.2) is 17.5 Å². The van der Waals surface area contributed by atoms with Crippen molar-refractivity contribution in [2.45, 2.75) is 33.1 Å². The molecule has 1 fully saturated rings. The van der Waals surface area contributed by atoms with Crippen LogP contribution < -0.4 is 10.6 Å². The number of carbonyl (C=O) groups is 1. The van der Waals surface area contributed by atoms with Gasteiger partial charge in [0, 0.05) is 29.3 Å². The molecular weight excluding hydrogens is 383 g/mol. The number of benzene rings is 1. The highest BCUT2D eigenvalue weighted by Crippen LogP contribution is 2.31. The number of amides is 1. The summed E-state index contributed by atoms with van der Waals surface area (Å²) < 4.78 is 17.3. The molecule has 8 heteroatoms. The van der Waals surface area contributed by atoms with E-state index < -0.39 is 5.82 Å². The Bertz CT molecular complexity index is 1070. The van der Waals surface area contributed by atoms with Crippen LogP contribution in [-0.4, -0.2) is 38.7 Å². The lowest BCUT2D eigenvalue weighted by Crippen LogP contribution is -2.35. The molecule has 0 saturated carbocycles. The van der Waals surface area contributed by atoms with Gasteiger partial charge in [-0.2, -0.15) is 0 Å². The van der Waals surface area contributed by atoms with Crippen molar-refractivity contribution in [3.05, 3.63) is 36.0 Å². The fraction of sp³-hybridized carbons (Fsp3) is 0.455. The highest BCUT2D eigenvalue weighted by Gasteiger charge is 2.24. The average Bonchev–Trinajstić information content (AvgIpc) is 3.17. The summed E-state index contributed by atoms with van der Waals surface area (Å²) in [5, 5.41) is 15.2. The smallest absolute Gasteiger partial charge is 0.228 e. The number of rotatable bonds is 5. The molecule has 1 aromatic carbocycles. The number of hydrogen-bond donors (Lipinski definition) is 2. The summed E-state index contributed by atoms with van der Waals surface area (Å²) in [6.07, 6.45) is 3.79. The Balaban J connectivity index is 1.78. The molecule has 1 aliphatic heterocycles. The van der Waals surface area contributed by atoms with E-state index in [1.807, 2.05) is 19.2 Å². The number of aromatic nitrogens is 4. The van der Waals surface area contributed by atoms with Gasteiger partial charge in [-0.05, 0) is 44.3 Å². The molecule has 0 atom stereocenters. The highest BCUT2D eigenvalue weighted by molar-refractivity contribution is 5.96. The number of halogens is 1. The number of nitrogens with zero attached hydrogens (tertiary/aromatic N) is 4.